The fourth-order valence-corrected chi connectivity index (χ4v) is 1.90. The Morgan fingerprint density at radius 1 is 1.28 bits per heavy atom. The van der Waals surface area contributed by atoms with E-state index in [2.05, 4.69) is 33.5 Å². The molecule has 18 heavy (non-hydrogen) atoms. The molecule has 0 aliphatic heterocycles. The van der Waals surface area contributed by atoms with Crippen molar-refractivity contribution in [3.8, 4) is 11.3 Å². The standard InChI is InChI=1S/C13H19N5/c1-17(2)6-3-7-18-10-16-9-13(18)11-8-15-5-4-12(11)14/h4-5,8-10H,3,6-7H2,1-2H3,(H2,14,15). The molecule has 2 N–H and O–H groups in total. The minimum Gasteiger partial charge on any atom is -0.398 e. The first-order valence-electron chi connectivity index (χ1n) is 6.03. The maximum atomic E-state index is 5.97. The van der Waals surface area contributed by atoms with E-state index in [0.29, 0.717) is 0 Å². The van der Waals surface area contributed by atoms with Crippen LogP contribution in [0.25, 0.3) is 11.3 Å². The molecular formula is C13H19N5. The Kier molecular flexibility index (Phi) is 3.94. The summed E-state index contributed by atoms with van der Waals surface area (Å²) in [6, 6.07) is 1.81. The summed E-state index contributed by atoms with van der Waals surface area (Å²) < 4.78 is 2.12. The molecule has 2 aromatic rings. The van der Waals surface area contributed by atoms with Gasteiger partial charge in [-0.25, -0.2) is 4.98 Å². The predicted molar refractivity (Wildman–Crippen MR) is 73.0 cm³/mol. The molecule has 0 unspecified atom stereocenters. The largest absolute Gasteiger partial charge is 0.398 e. The third kappa shape index (κ3) is 2.87. The second-order valence-electron chi connectivity index (χ2n) is 4.59. The zero-order chi connectivity index (χ0) is 13.0. The molecular weight excluding hydrogens is 226 g/mol. The van der Waals surface area contributed by atoms with Crippen molar-refractivity contribution < 1.29 is 0 Å². The lowest BCUT2D eigenvalue weighted by Crippen LogP contribution is -2.15. The molecule has 2 heterocycles. The normalized spacial score (nSPS) is 11.1. The summed E-state index contributed by atoms with van der Waals surface area (Å²) in [5, 5.41) is 0. The second-order valence-corrected chi connectivity index (χ2v) is 4.59. The average molecular weight is 245 g/mol. The first-order chi connectivity index (χ1) is 8.68. The third-order valence-corrected chi connectivity index (χ3v) is 2.85. The fourth-order valence-electron chi connectivity index (χ4n) is 1.90. The van der Waals surface area contributed by atoms with Gasteiger partial charge in [0.05, 0.1) is 18.2 Å². The monoisotopic (exact) mass is 245 g/mol. The molecule has 2 rings (SSSR count). The second kappa shape index (κ2) is 5.64. The molecule has 0 radical (unpaired) electrons. The minimum atomic E-state index is 0.736. The Morgan fingerprint density at radius 2 is 2.11 bits per heavy atom. The quantitative estimate of drug-likeness (QED) is 0.866. The molecule has 2 aromatic heterocycles. The molecule has 5 nitrogen and oxygen atoms in total. The zero-order valence-corrected chi connectivity index (χ0v) is 10.9. The van der Waals surface area contributed by atoms with Gasteiger partial charge >= 0.3 is 0 Å². The van der Waals surface area contributed by atoms with Gasteiger partial charge in [0.1, 0.15) is 0 Å². The number of rotatable bonds is 5. The van der Waals surface area contributed by atoms with Crippen molar-refractivity contribution in [3.63, 3.8) is 0 Å². The van der Waals surface area contributed by atoms with Crippen molar-refractivity contribution in [1.29, 1.82) is 0 Å². The number of imidazole rings is 1. The maximum Gasteiger partial charge on any atom is 0.0950 e. The van der Waals surface area contributed by atoms with E-state index in [-0.39, 0.29) is 0 Å². The van der Waals surface area contributed by atoms with Crippen molar-refractivity contribution in [1.82, 2.24) is 19.4 Å². The topological polar surface area (TPSA) is 60.0 Å². The number of nitrogens with two attached hydrogens (primary N) is 1. The molecule has 0 fully saturated rings. The highest BCUT2D eigenvalue weighted by Gasteiger charge is 2.08. The van der Waals surface area contributed by atoms with Crippen LogP contribution in [0.2, 0.25) is 0 Å². The van der Waals surface area contributed by atoms with Crippen molar-refractivity contribution >= 4 is 5.69 Å². The molecule has 0 saturated heterocycles. The van der Waals surface area contributed by atoms with Crippen molar-refractivity contribution in [3.05, 3.63) is 31.0 Å². The Hall–Kier alpha value is -1.88. The number of anilines is 1. The lowest BCUT2D eigenvalue weighted by molar-refractivity contribution is 0.387. The van der Waals surface area contributed by atoms with E-state index in [1.165, 1.54) is 0 Å². The summed E-state index contributed by atoms with van der Waals surface area (Å²) >= 11 is 0. The van der Waals surface area contributed by atoms with Gasteiger partial charge in [-0.2, -0.15) is 0 Å². The van der Waals surface area contributed by atoms with Crippen LogP contribution in [-0.2, 0) is 6.54 Å². The van der Waals surface area contributed by atoms with Gasteiger partial charge in [0.15, 0.2) is 0 Å². The van der Waals surface area contributed by atoms with Crippen LogP contribution >= 0.6 is 0 Å². The van der Waals surface area contributed by atoms with Crippen LogP contribution in [-0.4, -0.2) is 40.1 Å². The number of hydrogen-bond acceptors (Lipinski definition) is 4. The van der Waals surface area contributed by atoms with E-state index in [0.717, 1.165) is 36.5 Å². The summed E-state index contributed by atoms with van der Waals surface area (Å²) in [5.74, 6) is 0. The summed E-state index contributed by atoms with van der Waals surface area (Å²) in [5.41, 5.74) is 8.68. The number of pyridine rings is 1. The highest BCUT2D eigenvalue weighted by Crippen LogP contribution is 2.24. The molecule has 96 valence electrons. The molecule has 0 saturated carbocycles. The van der Waals surface area contributed by atoms with Crippen molar-refractivity contribution in [2.24, 2.45) is 0 Å². The Labute approximate surface area is 107 Å². The number of nitrogen functional groups attached to an aromatic ring is 1. The van der Waals surface area contributed by atoms with E-state index in [1.54, 1.807) is 12.4 Å². The van der Waals surface area contributed by atoms with Gasteiger partial charge in [0.2, 0.25) is 0 Å². The summed E-state index contributed by atoms with van der Waals surface area (Å²) in [6.45, 7) is 1.99. The number of aryl methyl sites for hydroxylation is 1. The first kappa shape index (κ1) is 12.6. The molecule has 5 heteroatoms. The number of nitrogens with zero attached hydrogens (tertiary/aromatic N) is 4. The summed E-state index contributed by atoms with van der Waals surface area (Å²) in [4.78, 5) is 10.5. The van der Waals surface area contributed by atoms with Gasteiger partial charge in [-0.1, -0.05) is 0 Å². The summed E-state index contributed by atoms with van der Waals surface area (Å²) in [7, 11) is 4.15. The van der Waals surface area contributed by atoms with E-state index in [4.69, 9.17) is 5.73 Å². The van der Waals surface area contributed by atoms with Gasteiger partial charge in [-0.15, -0.1) is 0 Å². The SMILES string of the molecule is CN(C)CCCn1cncc1-c1cnccc1N. The number of aromatic nitrogens is 3. The highest BCUT2D eigenvalue weighted by atomic mass is 15.1. The van der Waals surface area contributed by atoms with Gasteiger partial charge in [-0.3, -0.25) is 4.98 Å². The lowest BCUT2D eigenvalue weighted by Gasteiger charge is -2.12. The van der Waals surface area contributed by atoms with E-state index in [1.807, 2.05) is 18.6 Å². The molecule has 0 aliphatic rings. The minimum absolute atomic E-state index is 0.736. The van der Waals surface area contributed by atoms with Crippen molar-refractivity contribution in [2.45, 2.75) is 13.0 Å². The van der Waals surface area contributed by atoms with Gasteiger partial charge in [0, 0.05) is 30.2 Å². The maximum absolute atomic E-state index is 5.97. The van der Waals surface area contributed by atoms with E-state index >= 15 is 0 Å². The zero-order valence-electron chi connectivity index (χ0n) is 10.9. The van der Waals surface area contributed by atoms with Crippen LogP contribution in [0.15, 0.2) is 31.0 Å². The van der Waals surface area contributed by atoms with Gasteiger partial charge < -0.3 is 15.2 Å². The van der Waals surface area contributed by atoms with Crippen LogP contribution in [0.3, 0.4) is 0 Å². The fraction of sp³-hybridized carbons (Fsp3) is 0.385. The molecule has 0 aromatic carbocycles. The molecule has 0 spiro atoms. The van der Waals surface area contributed by atoms with Crippen LogP contribution in [0.1, 0.15) is 6.42 Å². The van der Waals surface area contributed by atoms with Crippen LogP contribution < -0.4 is 5.73 Å². The van der Waals surface area contributed by atoms with E-state index in [9.17, 15) is 0 Å². The third-order valence-electron chi connectivity index (χ3n) is 2.85. The number of hydrogen-bond donors (Lipinski definition) is 1. The molecule has 0 bridgehead atoms. The Balaban J connectivity index is 2.15. The molecule has 0 amide bonds. The summed E-state index contributed by atoms with van der Waals surface area (Å²) in [6.07, 6.45) is 8.25. The first-order valence-corrected chi connectivity index (χ1v) is 6.03. The van der Waals surface area contributed by atoms with E-state index < -0.39 is 0 Å². The van der Waals surface area contributed by atoms with Crippen LogP contribution in [0, 0.1) is 0 Å². The molecule has 0 aliphatic carbocycles. The smallest absolute Gasteiger partial charge is 0.0950 e. The predicted octanol–water partition coefficient (Wildman–Crippen LogP) is 1.48. The van der Waals surface area contributed by atoms with Gasteiger partial charge in [-0.05, 0) is 33.1 Å². The Bertz CT molecular complexity index is 504. The lowest BCUT2D eigenvalue weighted by atomic mass is 10.2. The highest BCUT2D eigenvalue weighted by molar-refractivity contribution is 5.72. The Morgan fingerprint density at radius 3 is 2.83 bits per heavy atom. The van der Waals surface area contributed by atoms with Crippen LogP contribution in [0.5, 0.6) is 0 Å². The molecule has 0 atom stereocenters. The average Bonchev–Trinajstić information content (AvgIpc) is 2.77. The van der Waals surface area contributed by atoms with Gasteiger partial charge in [0.25, 0.3) is 0 Å². The van der Waals surface area contributed by atoms with Crippen molar-refractivity contribution in [2.75, 3.05) is 26.4 Å². The van der Waals surface area contributed by atoms with Crippen LogP contribution in [0.4, 0.5) is 5.69 Å².